The van der Waals surface area contributed by atoms with Crippen LogP contribution in [0.2, 0.25) is 10.0 Å². The third kappa shape index (κ3) is 9.33. The molecule has 0 aliphatic heterocycles. The lowest BCUT2D eigenvalue weighted by Crippen LogP contribution is -2.54. The molecule has 236 valence electrons. The van der Waals surface area contributed by atoms with Gasteiger partial charge in [0.1, 0.15) is 12.6 Å². The van der Waals surface area contributed by atoms with Crippen molar-refractivity contribution < 1.29 is 18.0 Å². The Morgan fingerprint density at radius 3 is 2.04 bits per heavy atom. The van der Waals surface area contributed by atoms with Gasteiger partial charge in [0.25, 0.3) is 10.0 Å². The molecule has 4 rings (SSSR count). The van der Waals surface area contributed by atoms with Crippen molar-refractivity contribution in [3.05, 3.63) is 129 Å². The van der Waals surface area contributed by atoms with Gasteiger partial charge in [-0.25, -0.2) is 8.42 Å². The molecule has 7 nitrogen and oxygen atoms in total. The quantitative estimate of drug-likeness (QED) is 0.154. The highest BCUT2D eigenvalue weighted by Crippen LogP contribution is 2.30. The number of carbonyl (C=O) groups excluding carboxylic acids is 2. The number of carbonyl (C=O) groups is 2. The first-order valence-corrected chi connectivity index (χ1v) is 17.4. The van der Waals surface area contributed by atoms with Crippen molar-refractivity contribution in [3.8, 4) is 0 Å². The smallest absolute Gasteiger partial charge is 0.264 e. The third-order valence-electron chi connectivity index (χ3n) is 7.26. The lowest BCUT2D eigenvalue weighted by atomic mass is 10.0. The van der Waals surface area contributed by atoms with Crippen molar-refractivity contribution in [1.29, 1.82) is 0 Å². The van der Waals surface area contributed by atoms with Gasteiger partial charge in [-0.1, -0.05) is 107 Å². The van der Waals surface area contributed by atoms with E-state index in [1.165, 1.54) is 35.2 Å². The molecule has 0 heterocycles. The zero-order valence-corrected chi connectivity index (χ0v) is 28.8. The standard InChI is InChI=1S/C34H34BrCl2N3O4S/c1-3-24(2)38-34(42)32(18-25-11-6-4-7-12-25)39(22-26-13-10-14-27(35)17-26)33(41)23-40(30-20-28(36)19-29(37)21-30)45(43,44)31-15-8-5-9-16-31/h4-17,19-21,24,32H,3,18,22-23H2,1-2H3,(H,38,42)/t24-,32+/m1/s1. The van der Waals surface area contributed by atoms with Crippen LogP contribution in [0.25, 0.3) is 0 Å². The molecular weight excluding hydrogens is 697 g/mol. The molecule has 0 aliphatic carbocycles. The topological polar surface area (TPSA) is 86.8 Å². The Bertz CT molecular complexity index is 1710. The monoisotopic (exact) mass is 729 g/mol. The predicted octanol–water partition coefficient (Wildman–Crippen LogP) is 7.51. The second-order valence-electron chi connectivity index (χ2n) is 10.6. The van der Waals surface area contributed by atoms with Crippen molar-refractivity contribution in [3.63, 3.8) is 0 Å². The summed E-state index contributed by atoms with van der Waals surface area (Å²) in [6.07, 6.45) is 0.916. The van der Waals surface area contributed by atoms with Gasteiger partial charge >= 0.3 is 0 Å². The number of rotatable bonds is 13. The molecular formula is C34H34BrCl2N3O4S. The maximum Gasteiger partial charge on any atom is 0.264 e. The van der Waals surface area contributed by atoms with E-state index in [2.05, 4.69) is 21.2 Å². The fourth-order valence-electron chi connectivity index (χ4n) is 4.76. The van der Waals surface area contributed by atoms with E-state index < -0.39 is 28.5 Å². The summed E-state index contributed by atoms with van der Waals surface area (Å²) >= 11 is 16.1. The Labute approximate surface area is 283 Å². The van der Waals surface area contributed by atoms with E-state index in [-0.39, 0.29) is 45.5 Å². The van der Waals surface area contributed by atoms with Crippen molar-refractivity contribution in [2.45, 2.75) is 50.2 Å². The van der Waals surface area contributed by atoms with E-state index in [4.69, 9.17) is 23.2 Å². The van der Waals surface area contributed by atoms with Crippen LogP contribution in [0.5, 0.6) is 0 Å². The number of nitrogens with zero attached hydrogens (tertiary/aromatic N) is 2. The molecule has 1 N–H and O–H groups in total. The molecule has 4 aromatic carbocycles. The van der Waals surface area contributed by atoms with Crippen LogP contribution in [0.15, 0.2) is 112 Å². The molecule has 0 bridgehead atoms. The summed E-state index contributed by atoms with van der Waals surface area (Å²) in [4.78, 5) is 29.9. The normalized spacial score (nSPS) is 12.6. The summed E-state index contributed by atoms with van der Waals surface area (Å²) in [5, 5.41) is 3.44. The number of benzene rings is 4. The zero-order valence-electron chi connectivity index (χ0n) is 24.9. The van der Waals surface area contributed by atoms with E-state index in [1.807, 2.05) is 68.4 Å². The number of sulfonamides is 1. The molecule has 0 fully saturated rings. The minimum atomic E-state index is -4.26. The SMILES string of the molecule is CC[C@@H](C)NC(=O)[C@H](Cc1ccccc1)N(Cc1cccc(Br)c1)C(=O)CN(c1cc(Cl)cc(Cl)c1)S(=O)(=O)c1ccccc1. The van der Waals surface area contributed by atoms with Gasteiger partial charge in [-0.05, 0) is 66.9 Å². The largest absolute Gasteiger partial charge is 0.352 e. The first-order valence-electron chi connectivity index (χ1n) is 14.4. The van der Waals surface area contributed by atoms with Crippen LogP contribution in [0.3, 0.4) is 0 Å². The minimum absolute atomic E-state index is 0.0113. The van der Waals surface area contributed by atoms with E-state index in [1.54, 1.807) is 18.2 Å². The zero-order chi connectivity index (χ0) is 32.6. The third-order valence-corrected chi connectivity index (χ3v) is 9.98. The molecule has 0 radical (unpaired) electrons. The predicted molar refractivity (Wildman–Crippen MR) is 184 cm³/mol. The number of hydrogen-bond donors (Lipinski definition) is 1. The summed E-state index contributed by atoms with van der Waals surface area (Å²) in [7, 11) is -4.26. The Morgan fingerprint density at radius 1 is 0.844 bits per heavy atom. The Morgan fingerprint density at radius 2 is 1.44 bits per heavy atom. The average Bonchev–Trinajstić information content (AvgIpc) is 3.01. The molecule has 0 spiro atoms. The number of nitrogens with one attached hydrogen (secondary N) is 1. The van der Waals surface area contributed by atoms with Crippen molar-refractivity contribution in [2.75, 3.05) is 10.8 Å². The highest BCUT2D eigenvalue weighted by molar-refractivity contribution is 9.10. The summed E-state index contributed by atoms with van der Waals surface area (Å²) in [6.45, 7) is 3.31. The van der Waals surface area contributed by atoms with Crippen molar-refractivity contribution in [1.82, 2.24) is 10.2 Å². The number of hydrogen-bond acceptors (Lipinski definition) is 4. The summed E-state index contributed by atoms with van der Waals surface area (Å²) in [5.41, 5.74) is 1.73. The van der Waals surface area contributed by atoms with Gasteiger partial charge in [0.2, 0.25) is 11.8 Å². The van der Waals surface area contributed by atoms with Gasteiger partial charge in [0.15, 0.2) is 0 Å². The average molecular weight is 732 g/mol. The molecule has 0 aliphatic rings. The summed E-state index contributed by atoms with van der Waals surface area (Å²) in [6, 6.07) is 27.9. The van der Waals surface area contributed by atoms with Gasteiger partial charge < -0.3 is 10.2 Å². The van der Waals surface area contributed by atoms with Gasteiger partial charge in [-0.2, -0.15) is 0 Å². The number of anilines is 1. The Balaban J connectivity index is 1.83. The Kier molecular flexibility index (Phi) is 12.1. The van der Waals surface area contributed by atoms with Gasteiger partial charge in [0.05, 0.1) is 10.6 Å². The van der Waals surface area contributed by atoms with Crippen LogP contribution in [-0.2, 0) is 32.6 Å². The van der Waals surface area contributed by atoms with Crippen LogP contribution in [-0.4, -0.2) is 43.8 Å². The van der Waals surface area contributed by atoms with E-state index in [0.717, 1.165) is 19.9 Å². The molecule has 0 aromatic heterocycles. The van der Waals surface area contributed by atoms with Crippen LogP contribution >= 0.6 is 39.1 Å². The van der Waals surface area contributed by atoms with Crippen LogP contribution in [0.1, 0.15) is 31.4 Å². The summed E-state index contributed by atoms with van der Waals surface area (Å²) in [5.74, 6) is -0.911. The van der Waals surface area contributed by atoms with Gasteiger partial charge in [-0.3, -0.25) is 13.9 Å². The van der Waals surface area contributed by atoms with Crippen LogP contribution in [0, 0.1) is 0 Å². The first kappa shape index (κ1) is 34.5. The second kappa shape index (κ2) is 15.8. The number of amides is 2. The maximum atomic E-state index is 14.5. The molecule has 11 heteroatoms. The van der Waals surface area contributed by atoms with Crippen molar-refractivity contribution in [2.24, 2.45) is 0 Å². The first-order chi connectivity index (χ1) is 21.5. The van der Waals surface area contributed by atoms with Crippen LogP contribution in [0.4, 0.5) is 5.69 Å². The molecule has 0 saturated carbocycles. The van der Waals surface area contributed by atoms with E-state index >= 15 is 0 Å². The maximum absolute atomic E-state index is 14.5. The van der Waals surface area contributed by atoms with E-state index in [0.29, 0.717) is 6.42 Å². The molecule has 2 atom stereocenters. The molecule has 45 heavy (non-hydrogen) atoms. The second-order valence-corrected chi connectivity index (χ2v) is 14.3. The fraction of sp³-hybridized carbons (Fsp3) is 0.235. The van der Waals surface area contributed by atoms with Crippen molar-refractivity contribution >= 4 is 66.7 Å². The molecule has 0 saturated heterocycles. The lowest BCUT2D eigenvalue weighted by Gasteiger charge is -2.34. The fourth-order valence-corrected chi connectivity index (χ4v) is 7.14. The highest BCUT2D eigenvalue weighted by Gasteiger charge is 2.35. The Hall–Kier alpha value is -3.37. The minimum Gasteiger partial charge on any atom is -0.352 e. The molecule has 2 amide bonds. The lowest BCUT2D eigenvalue weighted by molar-refractivity contribution is -0.140. The van der Waals surface area contributed by atoms with Gasteiger partial charge in [0, 0.05) is 33.5 Å². The molecule has 0 unspecified atom stereocenters. The van der Waals surface area contributed by atoms with Gasteiger partial charge in [-0.15, -0.1) is 0 Å². The van der Waals surface area contributed by atoms with E-state index in [9.17, 15) is 18.0 Å². The highest BCUT2D eigenvalue weighted by atomic mass is 79.9. The summed E-state index contributed by atoms with van der Waals surface area (Å²) < 4.78 is 30.0. The van der Waals surface area contributed by atoms with Crippen LogP contribution < -0.4 is 9.62 Å². The number of halogens is 3. The molecule has 4 aromatic rings.